The first-order chi connectivity index (χ1) is 10.7. The lowest BCUT2D eigenvalue weighted by Crippen LogP contribution is -2.49. The molecule has 22 heavy (non-hydrogen) atoms. The van der Waals surface area contributed by atoms with Gasteiger partial charge in [0.25, 0.3) is 0 Å². The van der Waals surface area contributed by atoms with E-state index in [0.29, 0.717) is 0 Å². The number of hydrogen-bond donors (Lipinski definition) is 0. The predicted molar refractivity (Wildman–Crippen MR) is 95.2 cm³/mol. The van der Waals surface area contributed by atoms with Crippen LogP contribution in [-0.2, 0) is 13.5 Å². The minimum atomic E-state index is -1.12. The molecule has 3 heterocycles. The van der Waals surface area contributed by atoms with E-state index in [1.165, 1.54) is 42.5 Å². The number of hydrogen-bond acceptors (Lipinski definition) is 0. The standard InChI is InChI=1S/C20H26NSi/c1-16-14-20-17(8-7-13-22(20)11-5-6-12-22)15-18(16)19-9-3-4-10-21(19)2/h3-4,9-10,14-15H,5-8,11-13H2,1-2H3/q+1. The van der Waals surface area contributed by atoms with Gasteiger partial charge in [0.1, 0.15) is 7.05 Å². The molecule has 0 atom stereocenters. The quantitative estimate of drug-likeness (QED) is 0.556. The minimum absolute atomic E-state index is 1.12. The number of rotatable bonds is 1. The molecule has 0 N–H and O–H groups in total. The van der Waals surface area contributed by atoms with Crippen LogP contribution in [0.5, 0.6) is 0 Å². The summed E-state index contributed by atoms with van der Waals surface area (Å²) in [5, 5.41) is 1.83. The van der Waals surface area contributed by atoms with E-state index in [1.807, 2.05) is 5.19 Å². The van der Waals surface area contributed by atoms with Crippen molar-refractivity contribution in [1.82, 2.24) is 0 Å². The molecule has 0 amide bonds. The van der Waals surface area contributed by atoms with Gasteiger partial charge in [0.05, 0.1) is 8.07 Å². The van der Waals surface area contributed by atoms with Crippen molar-refractivity contribution >= 4 is 13.3 Å². The highest BCUT2D eigenvalue weighted by Crippen LogP contribution is 2.39. The van der Waals surface area contributed by atoms with Crippen molar-refractivity contribution in [2.45, 2.75) is 50.7 Å². The van der Waals surface area contributed by atoms with Crippen LogP contribution in [0.25, 0.3) is 11.3 Å². The summed E-state index contributed by atoms with van der Waals surface area (Å²) in [6, 6.07) is 16.3. The monoisotopic (exact) mass is 308 g/mol. The number of benzene rings is 1. The van der Waals surface area contributed by atoms with Gasteiger partial charge < -0.3 is 0 Å². The number of aromatic nitrogens is 1. The molecule has 1 spiro atoms. The molecule has 1 fully saturated rings. The second-order valence-electron chi connectivity index (χ2n) is 7.36. The molecule has 1 nitrogen and oxygen atoms in total. The van der Waals surface area contributed by atoms with E-state index in [0.717, 1.165) is 0 Å². The average Bonchev–Trinajstić information content (AvgIpc) is 2.98. The Morgan fingerprint density at radius 2 is 1.77 bits per heavy atom. The van der Waals surface area contributed by atoms with E-state index in [1.54, 1.807) is 23.7 Å². The molecule has 1 aromatic carbocycles. The van der Waals surface area contributed by atoms with Crippen molar-refractivity contribution in [1.29, 1.82) is 0 Å². The third-order valence-corrected chi connectivity index (χ3v) is 11.6. The molecule has 1 aromatic heterocycles. The number of pyridine rings is 1. The Kier molecular flexibility index (Phi) is 3.45. The lowest BCUT2D eigenvalue weighted by Gasteiger charge is -2.34. The Morgan fingerprint density at radius 3 is 2.55 bits per heavy atom. The van der Waals surface area contributed by atoms with Gasteiger partial charge in [-0.25, -0.2) is 4.57 Å². The van der Waals surface area contributed by atoms with Gasteiger partial charge >= 0.3 is 0 Å². The first-order valence-electron chi connectivity index (χ1n) is 8.79. The molecular formula is C20H26NSi+. The highest BCUT2D eigenvalue weighted by molar-refractivity contribution is 6.93. The van der Waals surface area contributed by atoms with E-state index >= 15 is 0 Å². The minimum Gasteiger partial charge on any atom is -0.201 e. The van der Waals surface area contributed by atoms with Crippen molar-refractivity contribution in [3.05, 3.63) is 47.7 Å². The zero-order chi connectivity index (χ0) is 15.2. The highest BCUT2D eigenvalue weighted by atomic mass is 28.3. The summed E-state index contributed by atoms with van der Waals surface area (Å²) in [7, 11) is 1.04. The molecule has 2 aliphatic rings. The number of nitrogens with zero attached hydrogens (tertiary/aromatic N) is 1. The molecule has 2 aromatic rings. The van der Waals surface area contributed by atoms with Crippen molar-refractivity contribution in [3.63, 3.8) is 0 Å². The van der Waals surface area contributed by atoms with E-state index in [-0.39, 0.29) is 0 Å². The van der Waals surface area contributed by atoms with Gasteiger partial charge in [-0.15, -0.1) is 0 Å². The Hall–Kier alpha value is -1.41. The molecule has 0 radical (unpaired) electrons. The summed E-state index contributed by atoms with van der Waals surface area (Å²) in [5.41, 5.74) is 5.94. The van der Waals surface area contributed by atoms with Crippen LogP contribution in [0, 0.1) is 6.92 Å². The lowest BCUT2D eigenvalue weighted by atomic mass is 9.99. The maximum Gasteiger partial charge on any atom is 0.212 e. The molecule has 2 aliphatic heterocycles. The van der Waals surface area contributed by atoms with Gasteiger partial charge in [-0.3, -0.25) is 0 Å². The van der Waals surface area contributed by atoms with Crippen LogP contribution in [0.1, 0.15) is 30.4 Å². The summed E-state index contributed by atoms with van der Waals surface area (Å²) < 4.78 is 2.25. The van der Waals surface area contributed by atoms with Crippen LogP contribution in [0.2, 0.25) is 18.1 Å². The first-order valence-corrected chi connectivity index (χ1v) is 11.4. The predicted octanol–water partition coefficient (Wildman–Crippen LogP) is 3.88. The summed E-state index contributed by atoms with van der Waals surface area (Å²) in [6.07, 6.45) is 7.86. The van der Waals surface area contributed by atoms with Crippen molar-refractivity contribution in [2.75, 3.05) is 0 Å². The normalized spacial score (nSPS) is 19.4. The Morgan fingerprint density at radius 1 is 1.00 bits per heavy atom. The second kappa shape index (κ2) is 5.34. The van der Waals surface area contributed by atoms with Crippen LogP contribution in [0.3, 0.4) is 0 Å². The summed E-state index contributed by atoms with van der Waals surface area (Å²) in [6.45, 7) is 2.31. The SMILES string of the molecule is Cc1cc2c(cc1-c1cccc[n+]1C)CCC[Si]21CCCC1. The Balaban J connectivity index is 1.86. The molecule has 2 heteroatoms. The first kappa shape index (κ1) is 14.2. The van der Waals surface area contributed by atoms with Crippen LogP contribution in [0.4, 0.5) is 0 Å². The zero-order valence-corrected chi connectivity index (χ0v) is 14.9. The number of fused-ring (bicyclic) bond motifs is 2. The van der Waals surface area contributed by atoms with Crippen LogP contribution >= 0.6 is 0 Å². The Bertz CT molecular complexity index is 714. The number of aryl methyl sites for hydroxylation is 3. The van der Waals surface area contributed by atoms with Gasteiger partial charge in [-0.05, 0) is 36.6 Å². The van der Waals surface area contributed by atoms with Crippen molar-refractivity contribution in [2.24, 2.45) is 7.05 Å². The van der Waals surface area contributed by atoms with Gasteiger partial charge in [0.2, 0.25) is 5.69 Å². The topological polar surface area (TPSA) is 3.88 Å². The molecule has 0 bridgehead atoms. The van der Waals surface area contributed by atoms with E-state index in [4.69, 9.17) is 0 Å². The van der Waals surface area contributed by atoms with Crippen molar-refractivity contribution in [3.8, 4) is 11.3 Å². The zero-order valence-electron chi connectivity index (χ0n) is 13.9. The smallest absolute Gasteiger partial charge is 0.201 e. The van der Waals surface area contributed by atoms with Gasteiger partial charge in [-0.2, -0.15) is 0 Å². The van der Waals surface area contributed by atoms with Crippen LogP contribution in [0.15, 0.2) is 36.5 Å². The van der Waals surface area contributed by atoms with E-state index in [9.17, 15) is 0 Å². The fraction of sp³-hybridized carbons (Fsp3) is 0.450. The molecule has 1 saturated heterocycles. The Labute approximate surface area is 135 Å². The van der Waals surface area contributed by atoms with Gasteiger partial charge in [0, 0.05) is 17.7 Å². The molecule has 114 valence electrons. The third kappa shape index (κ3) is 2.16. The molecule has 0 saturated carbocycles. The maximum absolute atomic E-state index is 2.59. The maximum atomic E-state index is 2.59. The fourth-order valence-electron chi connectivity index (χ4n) is 4.86. The van der Waals surface area contributed by atoms with Gasteiger partial charge in [0.15, 0.2) is 6.20 Å². The van der Waals surface area contributed by atoms with Crippen LogP contribution < -0.4 is 9.75 Å². The largest absolute Gasteiger partial charge is 0.212 e. The third-order valence-electron chi connectivity index (χ3n) is 6.01. The van der Waals surface area contributed by atoms with E-state index < -0.39 is 8.07 Å². The molecule has 0 aliphatic carbocycles. The van der Waals surface area contributed by atoms with E-state index in [2.05, 4.69) is 55.1 Å². The summed E-state index contributed by atoms with van der Waals surface area (Å²) in [5.74, 6) is 0. The second-order valence-corrected chi connectivity index (χ2v) is 12.0. The molecule has 4 rings (SSSR count). The van der Waals surface area contributed by atoms with Gasteiger partial charge in [-0.1, -0.05) is 48.6 Å². The molecular weight excluding hydrogens is 282 g/mol. The average molecular weight is 309 g/mol. The lowest BCUT2D eigenvalue weighted by molar-refractivity contribution is -0.660. The fourth-order valence-corrected chi connectivity index (χ4v) is 10.5. The summed E-state index contributed by atoms with van der Waals surface area (Å²) in [4.78, 5) is 0. The molecule has 0 unspecified atom stereocenters. The van der Waals surface area contributed by atoms with Crippen molar-refractivity contribution < 1.29 is 4.57 Å². The van der Waals surface area contributed by atoms with Crippen LogP contribution in [-0.4, -0.2) is 8.07 Å². The highest BCUT2D eigenvalue weighted by Gasteiger charge is 2.41. The summed E-state index contributed by atoms with van der Waals surface area (Å²) >= 11 is 0.